The molecular formula is C16H18F3NOS. The normalized spacial score (nSPS) is 23.2. The van der Waals surface area contributed by atoms with Crippen molar-refractivity contribution in [1.82, 2.24) is 4.90 Å². The van der Waals surface area contributed by atoms with E-state index in [1.54, 1.807) is 11.8 Å². The van der Waals surface area contributed by atoms with Gasteiger partial charge >= 0.3 is 6.18 Å². The predicted octanol–water partition coefficient (Wildman–Crippen LogP) is 4.47. The Bertz CT molecular complexity index is 537. The number of carbonyl (C=O) groups excluding carboxylic acids is 1. The van der Waals surface area contributed by atoms with Crippen LogP contribution in [0.4, 0.5) is 13.2 Å². The number of carbonyl (C=O) groups is 1. The summed E-state index contributed by atoms with van der Waals surface area (Å²) in [5, 5.41) is -0.143. The van der Waals surface area contributed by atoms with E-state index in [1.165, 1.54) is 12.1 Å². The SMILES string of the molecule is O=C(C1CCCC1)N1CCSC1c1ccc(C(F)(F)F)cc1. The molecule has 0 spiro atoms. The van der Waals surface area contributed by atoms with Gasteiger partial charge in [0.05, 0.1) is 5.56 Å². The summed E-state index contributed by atoms with van der Waals surface area (Å²) >= 11 is 1.63. The molecule has 1 unspecified atom stereocenters. The summed E-state index contributed by atoms with van der Waals surface area (Å²) in [6.07, 6.45) is -0.231. The van der Waals surface area contributed by atoms with Crippen molar-refractivity contribution >= 4 is 17.7 Å². The second-order valence-corrected chi connectivity index (χ2v) is 7.04. The highest BCUT2D eigenvalue weighted by Crippen LogP contribution is 2.41. The number of thioether (sulfide) groups is 1. The molecule has 1 amide bonds. The molecule has 120 valence electrons. The molecule has 1 atom stereocenters. The predicted molar refractivity (Wildman–Crippen MR) is 80.3 cm³/mol. The number of benzene rings is 1. The first kappa shape index (κ1) is 15.7. The Hall–Kier alpha value is -1.17. The molecule has 3 rings (SSSR count). The van der Waals surface area contributed by atoms with Gasteiger partial charge in [0, 0.05) is 18.2 Å². The maximum absolute atomic E-state index is 12.6. The number of alkyl halides is 3. The molecule has 1 aliphatic heterocycles. The van der Waals surface area contributed by atoms with Crippen LogP contribution in [0.1, 0.15) is 42.2 Å². The third kappa shape index (κ3) is 3.12. The number of nitrogens with zero attached hydrogens (tertiary/aromatic N) is 1. The molecule has 6 heteroatoms. The second-order valence-electron chi connectivity index (χ2n) is 5.86. The molecule has 2 aliphatic rings. The minimum absolute atomic E-state index is 0.107. The molecule has 0 aromatic heterocycles. The Kier molecular flexibility index (Phi) is 4.39. The number of hydrogen-bond acceptors (Lipinski definition) is 2. The van der Waals surface area contributed by atoms with Crippen LogP contribution in [0.25, 0.3) is 0 Å². The summed E-state index contributed by atoms with van der Waals surface area (Å²) in [5.41, 5.74) is 0.134. The van der Waals surface area contributed by atoms with Gasteiger partial charge in [-0.1, -0.05) is 25.0 Å². The first-order valence-corrected chi connectivity index (χ1v) is 8.61. The van der Waals surface area contributed by atoms with Crippen LogP contribution in [0.3, 0.4) is 0 Å². The third-order valence-electron chi connectivity index (χ3n) is 4.40. The van der Waals surface area contributed by atoms with E-state index in [1.807, 2.05) is 4.90 Å². The lowest BCUT2D eigenvalue weighted by Crippen LogP contribution is -2.34. The number of hydrogen-bond donors (Lipinski definition) is 0. The fourth-order valence-corrected chi connectivity index (χ4v) is 4.48. The van der Waals surface area contributed by atoms with Crippen LogP contribution >= 0.6 is 11.8 Å². The third-order valence-corrected chi connectivity index (χ3v) is 5.66. The number of rotatable bonds is 2. The van der Waals surface area contributed by atoms with Gasteiger partial charge in [-0.05, 0) is 30.5 Å². The highest BCUT2D eigenvalue weighted by molar-refractivity contribution is 7.99. The van der Waals surface area contributed by atoms with Gasteiger partial charge in [0.25, 0.3) is 0 Å². The summed E-state index contributed by atoms with van der Waals surface area (Å²) in [6.45, 7) is 0.686. The minimum atomic E-state index is -4.32. The molecule has 2 fully saturated rings. The molecule has 2 nitrogen and oxygen atoms in total. The van der Waals surface area contributed by atoms with Gasteiger partial charge in [-0.25, -0.2) is 0 Å². The van der Waals surface area contributed by atoms with E-state index in [4.69, 9.17) is 0 Å². The fourth-order valence-electron chi connectivity index (χ4n) is 3.22. The molecule has 1 saturated carbocycles. The molecule has 1 aromatic carbocycles. The van der Waals surface area contributed by atoms with Gasteiger partial charge in [-0.3, -0.25) is 4.79 Å². The lowest BCUT2D eigenvalue weighted by Gasteiger charge is -2.27. The Morgan fingerprint density at radius 3 is 2.36 bits per heavy atom. The zero-order valence-electron chi connectivity index (χ0n) is 12.1. The first-order chi connectivity index (χ1) is 10.5. The van der Waals surface area contributed by atoms with Crippen molar-refractivity contribution in [2.45, 2.75) is 37.2 Å². The topological polar surface area (TPSA) is 20.3 Å². The van der Waals surface area contributed by atoms with Crippen LogP contribution in [-0.2, 0) is 11.0 Å². The molecule has 1 aromatic rings. The zero-order chi connectivity index (χ0) is 15.7. The Labute approximate surface area is 132 Å². The van der Waals surface area contributed by atoms with Crippen molar-refractivity contribution in [3.63, 3.8) is 0 Å². The molecule has 0 N–H and O–H groups in total. The van der Waals surface area contributed by atoms with E-state index in [0.29, 0.717) is 6.54 Å². The standard InChI is InChI=1S/C16H18F3NOS/c17-16(18,19)13-7-5-12(6-8-13)15-20(9-10-22-15)14(21)11-3-1-2-4-11/h5-8,11,15H,1-4,9-10H2. The number of amides is 1. The zero-order valence-corrected chi connectivity index (χ0v) is 12.9. The first-order valence-electron chi connectivity index (χ1n) is 7.56. The monoisotopic (exact) mass is 329 g/mol. The summed E-state index contributed by atoms with van der Waals surface area (Å²) in [4.78, 5) is 14.4. The van der Waals surface area contributed by atoms with E-state index in [-0.39, 0.29) is 17.2 Å². The summed E-state index contributed by atoms with van der Waals surface area (Å²) < 4.78 is 37.9. The van der Waals surface area contributed by atoms with Gasteiger partial charge in [0.15, 0.2) is 0 Å². The van der Waals surface area contributed by atoms with Crippen LogP contribution in [0, 0.1) is 5.92 Å². The van der Waals surface area contributed by atoms with Gasteiger partial charge in [-0.15, -0.1) is 11.8 Å². The quantitative estimate of drug-likeness (QED) is 0.798. The van der Waals surface area contributed by atoms with Crippen LogP contribution in [-0.4, -0.2) is 23.1 Å². The Morgan fingerprint density at radius 2 is 1.77 bits per heavy atom. The Morgan fingerprint density at radius 1 is 1.14 bits per heavy atom. The minimum Gasteiger partial charge on any atom is -0.325 e. The van der Waals surface area contributed by atoms with Crippen molar-refractivity contribution in [2.24, 2.45) is 5.92 Å². The van der Waals surface area contributed by atoms with Gasteiger partial charge in [0.1, 0.15) is 5.37 Å². The smallest absolute Gasteiger partial charge is 0.325 e. The van der Waals surface area contributed by atoms with E-state index in [0.717, 1.165) is 49.1 Å². The van der Waals surface area contributed by atoms with Gasteiger partial charge in [-0.2, -0.15) is 13.2 Å². The molecule has 1 heterocycles. The summed E-state index contributed by atoms with van der Waals surface area (Å²) in [6, 6.07) is 5.21. The molecule has 0 radical (unpaired) electrons. The molecule has 1 saturated heterocycles. The lowest BCUT2D eigenvalue weighted by atomic mass is 10.1. The van der Waals surface area contributed by atoms with Crippen LogP contribution in [0.5, 0.6) is 0 Å². The van der Waals surface area contributed by atoms with Crippen molar-refractivity contribution in [3.05, 3.63) is 35.4 Å². The van der Waals surface area contributed by atoms with E-state index >= 15 is 0 Å². The van der Waals surface area contributed by atoms with Crippen molar-refractivity contribution < 1.29 is 18.0 Å². The highest BCUT2D eigenvalue weighted by atomic mass is 32.2. The molecule has 22 heavy (non-hydrogen) atoms. The fraction of sp³-hybridized carbons (Fsp3) is 0.562. The molecule has 0 bridgehead atoms. The van der Waals surface area contributed by atoms with Crippen LogP contribution in [0.2, 0.25) is 0 Å². The van der Waals surface area contributed by atoms with Crippen molar-refractivity contribution in [2.75, 3.05) is 12.3 Å². The summed E-state index contributed by atoms with van der Waals surface area (Å²) in [5.74, 6) is 1.12. The molecular weight excluding hydrogens is 311 g/mol. The number of halogens is 3. The molecule has 1 aliphatic carbocycles. The average molecular weight is 329 g/mol. The van der Waals surface area contributed by atoms with Gasteiger partial charge in [0.2, 0.25) is 5.91 Å². The summed E-state index contributed by atoms with van der Waals surface area (Å²) in [7, 11) is 0. The van der Waals surface area contributed by atoms with Crippen molar-refractivity contribution in [3.8, 4) is 0 Å². The van der Waals surface area contributed by atoms with Crippen LogP contribution in [0.15, 0.2) is 24.3 Å². The lowest BCUT2D eigenvalue weighted by molar-refractivity contribution is -0.138. The van der Waals surface area contributed by atoms with E-state index in [2.05, 4.69) is 0 Å². The van der Waals surface area contributed by atoms with E-state index < -0.39 is 11.7 Å². The second kappa shape index (κ2) is 6.14. The van der Waals surface area contributed by atoms with Gasteiger partial charge < -0.3 is 4.90 Å². The highest BCUT2D eigenvalue weighted by Gasteiger charge is 2.36. The van der Waals surface area contributed by atoms with Crippen molar-refractivity contribution in [1.29, 1.82) is 0 Å². The average Bonchev–Trinajstić information content (AvgIpc) is 3.17. The maximum Gasteiger partial charge on any atom is 0.416 e. The Balaban J connectivity index is 1.76. The van der Waals surface area contributed by atoms with E-state index in [9.17, 15) is 18.0 Å². The largest absolute Gasteiger partial charge is 0.416 e. The maximum atomic E-state index is 12.6. The van der Waals surface area contributed by atoms with Crippen LogP contribution < -0.4 is 0 Å².